The van der Waals surface area contributed by atoms with Crippen molar-refractivity contribution in [3.63, 3.8) is 0 Å². The molecule has 78 valence electrons. The van der Waals surface area contributed by atoms with Crippen LogP contribution in [0.4, 0.5) is 0 Å². The number of halogens is 1. The van der Waals surface area contributed by atoms with Crippen molar-refractivity contribution >= 4 is 15.9 Å². The van der Waals surface area contributed by atoms with Gasteiger partial charge in [0.05, 0.1) is 0 Å². The number of nitrogens with two attached hydrogens (primary N) is 1. The molecule has 0 radical (unpaired) electrons. The van der Waals surface area contributed by atoms with Gasteiger partial charge in [-0.1, -0.05) is 53.4 Å². The Morgan fingerprint density at radius 3 is 2.79 bits per heavy atom. The van der Waals surface area contributed by atoms with Gasteiger partial charge in [0.15, 0.2) is 0 Å². The van der Waals surface area contributed by atoms with Crippen LogP contribution >= 0.6 is 15.9 Å². The lowest BCUT2D eigenvalue weighted by Crippen LogP contribution is -2.10. The maximum absolute atomic E-state index is 6.12. The van der Waals surface area contributed by atoms with E-state index in [-0.39, 0.29) is 6.04 Å². The second-order valence-electron chi connectivity index (χ2n) is 3.77. The van der Waals surface area contributed by atoms with Gasteiger partial charge in [-0.05, 0) is 25.0 Å². The number of unbranched alkanes of at least 4 members (excludes halogenated alkanes) is 1. The lowest BCUT2D eigenvalue weighted by Gasteiger charge is -2.14. The van der Waals surface area contributed by atoms with Gasteiger partial charge in [-0.2, -0.15) is 0 Å². The summed E-state index contributed by atoms with van der Waals surface area (Å²) in [7, 11) is 0. The predicted octanol–water partition coefficient (Wildman–Crippen LogP) is 3.95. The molecule has 0 bridgehead atoms. The molecule has 0 spiro atoms. The van der Waals surface area contributed by atoms with Gasteiger partial charge in [0.25, 0.3) is 0 Å². The van der Waals surface area contributed by atoms with Gasteiger partial charge in [0, 0.05) is 10.5 Å². The minimum Gasteiger partial charge on any atom is -0.324 e. The number of aryl methyl sites for hydroxylation is 1. The Kier molecular flexibility index (Phi) is 4.63. The third-order valence-electron chi connectivity index (χ3n) is 2.42. The van der Waals surface area contributed by atoms with Crippen LogP contribution < -0.4 is 5.73 Å². The molecule has 0 heterocycles. The molecule has 0 aliphatic carbocycles. The Bertz CT molecular complexity index is 296. The van der Waals surface area contributed by atoms with E-state index in [4.69, 9.17) is 5.73 Å². The van der Waals surface area contributed by atoms with Crippen LogP contribution in [0.1, 0.15) is 43.4 Å². The van der Waals surface area contributed by atoms with Crippen molar-refractivity contribution < 1.29 is 0 Å². The van der Waals surface area contributed by atoms with E-state index in [1.165, 1.54) is 24.0 Å². The molecule has 14 heavy (non-hydrogen) atoms. The van der Waals surface area contributed by atoms with Gasteiger partial charge in [-0.3, -0.25) is 0 Å². The largest absolute Gasteiger partial charge is 0.324 e. The first-order chi connectivity index (χ1) is 6.65. The van der Waals surface area contributed by atoms with Crippen LogP contribution in [-0.4, -0.2) is 0 Å². The van der Waals surface area contributed by atoms with E-state index in [9.17, 15) is 0 Å². The van der Waals surface area contributed by atoms with Crippen molar-refractivity contribution in [3.05, 3.63) is 33.8 Å². The van der Waals surface area contributed by atoms with Gasteiger partial charge >= 0.3 is 0 Å². The molecule has 1 atom stereocenters. The van der Waals surface area contributed by atoms with E-state index in [1.54, 1.807) is 0 Å². The Labute approximate surface area is 94.8 Å². The van der Waals surface area contributed by atoms with Crippen LogP contribution in [0.15, 0.2) is 22.7 Å². The molecule has 1 nitrogen and oxygen atoms in total. The zero-order chi connectivity index (χ0) is 10.6. The van der Waals surface area contributed by atoms with Gasteiger partial charge < -0.3 is 5.73 Å². The van der Waals surface area contributed by atoms with E-state index in [0.29, 0.717) is 0 Å². The fourth-order valence-electron chi connectivity index (χ4n) is 1.53. The molecule has 1 rings (SSSR count). The first-order valence-corrected chi connectivity index (χ1v) is 5.96. The van der Waals surface area contributed by atoms with Gasteiger partial charge in [0.1, 0.15) is 0 Å². The third kappa shape index (κ3) is 3.10. The zero-order valence-electron chi connectivity index (χ0n) is 8.89. The van der Waals surface area contributed by atoms with Gasteiger partial charge in [0.2, 0.25) is 0 Å². The molecule has 0 saturated carbocycles. The Morgan fingerprint density at radius 1 is 1.43 bits per heavy atom. The SMILES string of the molecule is CCCCC(N)c1cc(C)ccc1Br. The molecule has 1 aromatic rings. The molecule has 0 aromatic heterocycles. The molecule has 2 N–H and O–H groups in total. The molecular formula is C12H18BrN. The molecule has 0 amide bonds. The average Bonchev–Trinajstić information content (AvgIpc) is 2.18. The van der Waals surface area contributed by atoms with Crippen LogP contribution in [0.2, 0.25) is 0 Å². The third-order valence-corrected chi connectivity index (χ3v) is 3.14. The van der Waals surface area contributed by atoms with E-state index >= 15 is 0 Å². The van der Waals surface area contributed by atoms with Crippen molar-refractivity contribution in [3.8, 4) is 0 Å². The molecule has 0 fully saturated rings. The van der Waals surface area contributed by atoms with Gasteiger partial charge in [-0.25, -0.2) is 0 Å². The molecule has 0 aliphatic heterocycles. The van der Waals surface area contributed by atoms with Crippen LogP contribution in [0.3, 0.4) is 0 Å². The molecule has 1 aromatic carbocycles. The Balaban J connectivity index is 2.77. The average molecular weight is 256 g/mol. The highest BCUT2D eigenvalue weighted by molar-refractivity contribution is 9.10. The summed E-state index contributed by atoms with van der Waals surface area (Å²) in [6, 6.07) is 6.52. The maximum atomic E-state index is 6.12. The molecule has 0 saturated heterocycles. The minimum atomic E-state index is 0.171. The number of rotatable bonds is 4. The summed E-state index contributed by atoms with van der Waals surface area (Å²) in [6.45, 7) is 4.29. The summed E-state index contributed by atoms with van der Waals surface area (Å²) in [4.78, 5) is 0. The van der Waals surface area contributed by atoms with Crippen LogP contribution in [-0.2, 0) is 0 Å². The van der Waals surface area contributed by atoms with Crippen molar-refractivity contribution in [2.75, 3.05) is 0 Å². The lowest BCUT2D eigenvalue weighted by atomic mass is 10.0. The highest BCUT2D eigenvalue weighted by Gasteiger charge is 2.08. The molecular weight excluding hydrogens is 238 g/mol. The van der Waals surface area contributed by atoms with Crippen molar-refractivity contribution in [1.82, 2.24) is 0 Å². The summed E-state index contributed by atoms with van der Waals surface area (Å²) in [5.74, 6) is 0. The fourth-order valence-corrected chi connectivity index (χ4v) is 2.07. The second kappa shape index (κ2) is 5.52. The lowest BCUT2D eigenvalue weighted by molar-refractivity contribution is 0.601. The van der Waals surface area contributed by atoms with E-state index in [2.05, 4.69) is 48.0 Å². The summed E-state index contributed by atoms with van der Waals surface area (Å²) < 4.78 is 1.13. The summed E-state index contributed by atoms with van der Waals surface area (Å²) in [6.07, 6.45) is 3.47. The standard InChI is InChI=1S/C12H18BrN/c1-3-4-5-12(14)10-8-9(2)6-7-11(10)13/h6-8,12H,3-5,14H2,1-2H3. The quantitative estimate of drug-likeness (QED) is 0.867. The fraction of sp³-hybridized carbons (Fsp3) is 0.500. The highest BCUT2D eigenvalue weighted by atomic mass is 79.9. The van der Waals surface area contributed by atoms with E-state index in [0.717, 1.165) is 10.9 Å². The van der Waals surface area contributed by atoms with Crippen molar-refractivity contribution in [2.24, 2.45) is 5.73 Å². The van der Waals surface area contributed by atoms with Gasteiger partial charge in [-0.15, -0.1) is 0 Å². The maximum Gasteiger partial charge on any atom is 0.0306 e. The monoisotopic (exact) mass is 255 g/mol. The molecule has 0 aliphatic rings. The van der Waals surface area contributed by atoms with E-state index in [1.807, 2.05) is 0 Å². The molecule has 1 unspecified atom stereocenters. The predicted molar refractivity (Wildman–Crippen MR) is 65.3 cm³/mol. The van der Waals surface area contributed by atoms with Crippen LogP contribution in [0, 0.1) is 6.92 Å². The van der Waals surface area contributed by atoms with E-state index < -0.39 is 0 Å². The Morgan fingerprint density at radius 2 is 2.14 bits per heavy atom. The van der Waals surface area contributed by atoms with Crippen molar-refractivity contribution in [2.45, 2.75) is 39.2 Å². The number of hydrogen-bond donors (Lipinski definition) is 1. The number of hydrogen-bond acceptors (Lipinski definition) is 1. The normalized spacial score (nSPS) is 12.9. The van der Waals surface area contributed by atoms with Crippen LogP contribution in [0.25, 0.3) is 0 Å². The molecule has 2 heteroatoms. The Hall–Kier alpha value is -0.340. The van der Waals surface area contributed by atoms with Crippen molar-refractivity contribution in [1.29, 1.82) is 0 Å². The summed E-state index contributed by atoms with van der Waals surface area (Å²) in [5, 5.41) is 0. The highest BCUT2D eigenvalue weighted by Crippen LogP contribution is 2.26. The summed E-state index contributed by atoms with van der Waals surface area (Å²) >= 11 is 3.54. The topological polar surface area (TPSA) is 26.0 Å². The second-order valence-corrected chi connectivity index (χ2v) is 4.63. The first kappa shape index (κ1) is 11.7. The minimum absolute atomic E-state index is 0.171. The zero-order valence-corrected chi connectivity index (χ0v) is 10.5. The number of benzene rings is 1. The summed E-state index contributed by atoms with van der Waals surface area (Å²) in [5.41, 5.74) is 8.63. The van der Waals surface area contributed by atoms with Crippen LogP contribution in [0.5, 0.6) is 0 Å². The first-order valence-electron chi connectivity index (χ1n) is 5.16. The smallest absolute Gasteiger partial charge is 0.0306 e.